The van der Waals surface area contributed by atoms with Gasteiger partial charge in [-0.15, -0.1) is 0 Å². The number of nitrogens with one attached hydrogen (secondary N) is 1. The summed E-state index contributed by atoms with van der Waals surface area (Å²) in [6.07, 6.45) is 4.31. The summed E-state index contributed by atoms with van der Waals surface area (Å²) < 4.78 is 0. The lowest BCUT2D eigenvalue weighted by atomic mass is 10.0. The van der Waals surface area contributed by atoms with Gasteiger partial charge in [0.15, 0.2) is 0 Å². The zero-order valence-corrected chi connectivity index (χ0v) is 8.59. The number of likely N-dealkylation sites (N-methyl/N-ethyl adjacent to an activating group) is 1. The third-order valence-corrected chi connectivity index (χ3v) is 2.27. The van der Waals surface area contributed by atoms with E-state index in [0.717, 1.165) is 6.54 Å². The Morgan fingerprint density at radius 1 is 1.31 bits per heavy atom. The minimum absolute atomic E-state index is 0.924. The third kappa shape index (κ3) is 2.71. The highest BCUT2D eigenvalue weighted by atomic mass is 14.8. The monoisotopic (exact) mass is 175 g/mol. The first-order chi connectivity index (χ1) is 6.25. The van der Waals surface area contributed by atoms with E-state index < -0.39 is 0 Å². The first-order valence-corrected chi connectivity index (χ1v) is 4.63. The second kappa shape index (κ2) is 4.83. The van der Waals surface area contributed by atoms with Gasteiger partial charge in [0.2, 0.25) is 0 Å². The van der Waals surface area contributed by atoms with Crippen LogP contribution in [0.2, 0.25) is 0 Å². The van der Waals surface area contributed by atoms with Crippen LogP contribution in [0.1, 0.15) is 16.7 Å². The summed E-state index contributed by atoms with van der Waals surface area (Å²) in [7, 11) is 1.95. The maximum absolute atomic E-state index is 3.09. The van der Waals surface area contributed by atoms with Crippen molar-refractivity contribution in [3.05, 3.63) is 41.0 Å². The minimum Gasteiger partial charge on any atom is -0.316 e. The summed E-state index contributed by atoms with van der Waals surface area (Å²) in [4.78, 5) is 0. The summed E-state index contributed by atoms with van der Waals surface area (Å²) in [5, 5.41) is 3.09. The van der Waals surface area contributed by atoms with Gasteiger partial charge in [-0.05, 0) is 37.6 Å². The minimum atomic E-state index is 0.924. The van der Waals surface area contributed by atoms with Gasteiger partial charge in [-0.2, -0.15) is 0 Å². The normalized spacial score (nSPS) is 11.0. The molecule has 0 heterocycles. The molecule has 0 bridgehead atoms. The molecular weight excluding hydrogens is 158 g/mol. The molecule has 1 rings (SSSR count). The summed E-state index contributed by atoms with van der Waals surface area (Å²) in [5.74, 6) is 0. The van der Waals surface area contributed by atoms with Crippen molar-refractivity contribution in [1.82, 2.24) is 5.32 Å². The summed E-state index contributed by atoms with van der Waals surface area (Å²) in [6.45, 7) is 5.23. The fourth-order valence-electron chi connectivity index (χ4n) is 1.26. The molecular formula is C12H17N. The standard InChI is InChI=1S/C12H17N/c1-10-6-4-7-12(11(10)2)8-5-9-13-3/h4-8,13H,9H2,1-3H3. The van der Waals surface area contributed by atoms with Crippen LogP contribution in [0.4, 0.5) is 0 Å². The zero-order chi connectivity index (χ0) is 9.68. The van der Waals surface area contributed by atoms with Crippen LogP contribution >= 0.6 is 0 Å². The Bertz CT molecular complexity index is 300. The van der Waals surface area contributed by atoms with Crippen molar-refractivity contribution in [3.8, 4) is 0 Å². The molecule has 0 aromatic heterocycles. The number of hydrogen-bond donors (Lipinski definition) is 1. The highest BCUT2D eigenvalue weighted by Crippen LogP contribution is 2.13. The van der Waals surface area contributed by atoms with Gasteiger partial charge in [0.1, 0.15) is 0 Å². The van der Waals surface area contributed by atoms with E-state index >= 15 is 0 Å². The molecule has 1 aromatic carbocycles. The van der Waals surface area contributed by atoms with E-state index in [-0.39, 0.29) is 0 Å². The third-order valence-electron chi connectivity index (χ3n) is 2.27. The van der Waals surface area contributed by atoms with Crippen molar-refractivity contribution >= 4 is 6.08 Å². The first kappa shape index (κ1) is 10.0. The van der Waals surface area contributed by atoms with Gasteiger partial charge >= 0.3 is 0 Å². The quantitative estimate of drug-likeness (QED) is 0.744. The average Bonchev–Trinajstić information content (AvgIpc) is 2.13. The number of hydrogen-bond acceptors (Lipinski definition) is 1. The number of rotatable bonds is 3. The van der Waals surface area contributed by atoms with E-state index in [1.165, 1.54) is 16.7 Å². The fraction of sp³-hybridized carbons (Fsp3) is 0.333. The van der Waals surface area contributed by atoms with Gasteiger partial charge < -0.3 is 5.32 Å². The second-order valence-corrected chi connectivity index (χ2v) is 3.25. The number of benzene rings is 1. The molecule has 70 valence electrons. The molecule has 1 nitrogen and oxygen atoms in total. The van der Waals surface area contributed by atoms with Crippen LogP contribution in [-0.4, -0.2) is 13.6 Å². The molecule has 0 saturated heterocycles. The molecule has 1 aromatic rings. The van der Waals surface area contributed by atoms with Crippen LogP contribution in [0, 0.1) is 13.8 Å². The molecule has 1 heteroatoms. The zero-order valence-electron chi connectivity index (χ0n) is 8.59. The van der Waals surface area contributed by atoms with Gasteiger partial charge in [0.05, 0.1) is 0 Å². The van der Waals surface area contributed by atoms with E-state index in [0.29, 0.717) is 0 Å². The summed E-state index contributed by atoms with van der Waals surface area (Å²) in [5.41, 5.74) is 4.04. The topological polar surface area (TPSA) is 12.0 Å². The van der Waals surface area contributed by atoms with Crippen LogP contribution < -0.4 is 5.32 Å². The van der Waals surface area contributed by atoms with Crippen molar-refractivity contribution in [2.24, 2.45) is 0 Å². The molecule has 0 spiro atoms. The molecule has 0 aliphatic carbocycles. The predicted octanol–water partition coefficient (Wildman–Crippen LogP) is 2.54. The molecule has 0 saturated carbocycles. The maximum atomic E-state index is 3.09. The van der Waals surface area contributed by atoms with Crippen LogP contribution in [0.3, 0.4) is 0 Å². The number of aryl methyl sites for hydroxylation is 1. The van der Waals surface area contributed by atoms with Gasteiger partial charge in [-0.1, -0.05) is 30.4 Å². The molecule has 13 heavy (non-hydrogen) atoms. The van der Waals surface area contributed by atoms with E-state index in [4.69, 9.17) is 0 Å². The van der Waals surface area contributed by atoms with Crippen molar-refractivity contribution < 1.29 is 0 Å². The summed E-state index contributed by atoms with van der Waals surface area (Å²) >= 11 is 0. The molecule has 1 N–H and O–H groups in total. The van der Waals surface area contributed by atoms with Crippen LogP contribution in [0.5, 0.6) is 0 Å². The lowest BCUT2D eigenvalue weighted by Crippen LogP contribution is -2.03. The summed E-state index contributed by atoms with van der Waals surface area (Å²) in [6, 6.07) is 6.39. The van der Waals surface area contributed by atoms with Crippen LogP contribution in [0.15, 0.2) is 24.3 Å². The largest absolute Gasteiger partial charge is 0.316 e. The Hall–Kier alpha value is -1.08. The maximum Gasteiger partial charge on any atom is 0.0135 e. The molecule has 0 unspecified atom stereocenters. The SMILES string of the molecule is CNCC=Cc1cccc(C)c1C. The van der Waals surface area contributed by atoms with Crippen molar-refractivity contribution in [1.29, 1.82) is 0 Å². The van der Waals surface area contributed by atoms with Gasteiger partial charge in [0, 0.05) is 6.54 Å². The van der Waals surface area contributed by atoms with E-state index in [2.05, 4.69) is 49.5 Å². The van der Waals surface area contributed by atoms with E-state index in [1.54, 1.807) is 0 Å². The Labute approximate surface area is 80.5 Å². The lowest BCUT2D eigenvalue weighted by molar-refractivity contribution is 0.922. The highest BCUT2D eigenvalue weighted by molar-refractivity contribution is 5.55. The molecule has 0 radical (unpaired) electrons. The predicted molar refractivity (Wildman–Crippen MR) is 58.9 cm³/mol. The Kier molecular flexibility index (Phi) is 3.71. The first-order valence-electron chi connectivity index (χ1n) is 4.63. The van der Waals surface area contributed by atoms with Gasteiger partial charge in [-0.3, -0.25) is 0 Å². The van der Waals surface area contributed by atoms with Crippen LogP contribution in [0.25, 0.3) is 6.08 Å². The Morgan fingerprint density at radius 2 is 2.08 bits per heavy atom. The van der Waals surface area contributed by atoms with E-state index in [1.807, 2.05) is 7.05 Å². The molecule has 0 fully saturated rings. The van der Waals surface area contributed by atoms with Crippen LogP contribution in [-0.2, 0) is 0 Å². The lowest BCUT2D eigenvalue weighted by Gasteiger charge is -2.03. The Morgan fingerprint density at radius 3 is 2.77 bits per heavy atom. The average molecular weight is 175 g/mol. The van der Waals surface area contributed by atoms with Crippen molar-refractivity contribution in [2.75, 3.05) is 13.6 Å². The fourth-order valence-corrected chi connectivity index (χ4v) is 1.26. The highest BCUT2D eigenvalue weighted by Gasteiger charge is 1.95. The van der Waals surface area contributed by atoms with Crippen molar-refractivity contribution in [3.63, 3.8) is 0 Å². The van der Waals surface area contributed by atoms with Crippen molar-refractivity contribution in [2.45, 2.75) is 13.8 Å². The van der Waals surface area contributed by atoms with E-state index in [9.17, 15) is 0 Å². The molecule has 0 aliphatic heterocycles. The Balaban J connectivity index is 2.83. The van der Waals surface area contributed by atoms with Gasteiger partial charge in [-0.25, -0.2) is 0 Å². The van der Waals surface area contributed by atoms with Gasteiger partial charge in [0.25, 0.3) is 0 Å². The molecule has 0 aliphatic rings. The molecule has 0 atom stereocenters. The second-order valence-electron chi connectivity index (χ2n) is 3.25. The molecule has 0 amide bonds. The smallest absolute Gasteiger partial charge is 0.0135 e.